The van der Waals surface area contributed by atoms with Gasteiger partial charge in [0.15, 0.2) is 0 Å². The van der Waals surface area contributed by atoms with Gasteiger partial charge in [-0.15, -0.1) is 0 Å². The third kappa shape index (κ3) is 1.56. The van der Waals surface area contributed by atoms with Gasteiger partial charge < -0.3 is 4.74 Å². The van der Waals surface area contributed by atoms with Gasteiger partial charge in [-0.2, -0.15) is 0 Å². The first kappa shape index (κ1) is 6.77. The van der Waals surface area contributed by atoms with Crippen molar-refractivity contribution in [1.29, 1.82) is 0 Å². The van der Waals surface area contributed by atoms with Crippen LogP contribution in [0.3, 0.4) is 0 Å². The predicted molar refractivity (Wildman–Crippen MR) is 41.0 cm³/mol. The Morgan fingerprint density at radius 3 is 2.88 bits per heavy atom. The average Bonchev–Trinajstić information content (AvgIpc) is 1.77. The average molecular weight is 227 g/mol. The third-order valence-electron chi connectivity index (χ3n) is 1.29. The Morgan fingerprint density at radius 1 is 1.75 bits per heavy atom. The van der Waals surface area contributed by atoms with Gasteiger partial charge in [0.25, 0.3) is 0 Å². The van der Waals surface area contributed by atoms with E-state index in [1.54, 1.807) is 0 Å². The molecule has 2 nitrogen and oxygen atoms in total. The van der Waals surface area contributed by atoms with E-state index < -0.39 is 0 Å². The van der Waals surface area contributed by atoms with Crippen LogP contribution in [0.15, 0.2) is 0 Å². The maximum Gasteiger partial charge on any atom is 0.0627 e. The van der Waals surface area contributed by atoms with Gasteiger partial charge in [-0.05, 0) is 6.92 Å². The van der Waals surface area contributed by atoms with Crippen LogP contribution in [0.25, 0.3) is 0 Å². The van der Waals surface area contributed by atoms with Gasteiger partial charge in [0.05, 0.1) is 13.2 Å². The van der Waals surface area contributed by atoms with Gasteiger partial charge in [-0.25, -0.2) is 3.11 Å². The van der Waals surface area contributed by atoms with E-state index in [0.29, 0.717) is 6.04 Å². The van der Waals surface area contributed by atoms with Crippen LogP contribution >= 0.6 is 22.9 Å². The van der Waals surface area contributed by atoms with Gasteiger partial charge in [0, 0.05) is 35.5 Å². The number of halogens is 1. The zero-order valence-corrected chi connectivity index (χ0v) is 7.09. The Balaban J connectivity index is 2.28. The lowest BCUT2D eigenvalue weighted by Gasteiger charge is -2.27. The van der Waals surface area contributed by atoms with Crippen LogP contribution in [0.5, 0.6) is 0 Å². The monoisotopic (exact) mass is 227 g/mol. The Kier molecular flexibility index (Phi) is 2.52. The molecule has 0 saturated carbocycles. The van der Waals surface area contributed by atoms with E-state index in [2.05, 4.69) is 32.9 Å². The van der Waals surface area contributed by atoms with E-state index in [-0.39, 0.29) is 0 Å². The molecule has 0 aromatic rings. The second-order valence-corrected chi connectivity index (χ2v) is 3.29. The summed E-state index contributed by atoms with van der Waals surface area (Å²) in [5.74, 6) is 0. The summed E-state index contributed by atoms with van der Waals surface area (Å²) >= 11 is 2.34. The molecule has 1 atom stereocenters. The molecule has 1 aliphatic heterocycles. The molecule has 1 heterocycles. The number of ether oxygens (including phenoxy) is 1. The molecule has 0 aromatic heterocycles. The van der Waals surface area contributed by atoms with Gasteiger partial charge in [0.2, 0.25) is 0 Å². The normalized spacial score (nSPS) is 33.0. The molecule has 0 aromatic carbocycles. The first-order chi connectivity index (χ1) is 3.80. The lowest BCUT2D eigenvalue weighted by molar-refractivity contribution is 0.0515. The van der Waals surface area contributed by atoms with Crippen molar-refractivity contribution in [3.8, 4) is 0 Å². The van der Waals surface area contributed by atoms with Gasteiger partial charge in [-0.1, -0.05) is 0 Å². The van der Waals surface area contributed by atoms with E-state index in [1.807, 2.05) is 0 Å². The highest BCUT2D eigenvalue weighted by Gasteiger charge is 2.14. The first-order valence-electron chi connectivity index (χ1n) is 2.81. The minimum Gasteiger partial charge on any atom is -0.378 e. The van der Waals surface area contributed by atoms with E-state index >= 15 is 0 Å². The number of hydrogen-bond acceptors (Lipinski definition) is 2. The van der Waals surface area contributed by atoms with Crippen molar-refractivity contribution in [2.75, 3.05) is 19.8 Å². The van der Waals surface area contributed by atoms with Gasteiger partial charge >= 0.3 is 0 Å². The highest BCUT2D eigenvalue weighted by Crippen LogP contribution is 2.10. The molecular formula is C5H10INO. The van der Waals surface area contributed by atoms with Crippen molar-refractivity contribution in [2.24, 2.45) is 0 Å². The molecule has 0 aliphatic carbocycles. The summed E-state index contributed by atoms with van der Waals surface area (Å²) in [5, 5.41) is 0. The smallest absolute Gasteiger partial charge is 0.0627 e. The fourth-order valence-electron chi connectivity index (χ4n) is 0.707. The fourth-order valence-corrected chi connectivity index (χ4v) is 1.06. The molecule has 0 spiro atoms. The fraction of sp³-hybridized carbons (Fsp3) is 1.00. The molecule has 1 fully saturated rings. The lowest BCUT2D eigenvalue weighted by atomic mass is 10.3. The van der Waals surface area contributed by atoms with Crippen LogP contribution in [0.2, 0.25) is 0 Å². The van der Waals surface area contributed by atoms with E-state index in [4.69, 9.17) is 4.74 Å². The first-order valence-corrected chi connectivity index (χ1v) is 3.77. The molecule has 48 valence electrons. The molecular weight excluding hydrogens is 217 g/mol. The Morgan fingerprint density at radius 2 is 2.50 bits per heavy atom. The Hall–Kier alpha value is 0.650. The Bertz CT molecular complexity index is 68.8. The summed E-state index contributed by atoms with van der Waals surface area (Å²) < 4.78 is 7.48. The SMILES string of the molecule is CC1COCCN1I. The van der Waals surface area contributed by atoms with Crippen LogP contribution < -0.4 is 0 Å². The number of nitrogens with zero attached hydrogens (tertiary/aromatic N) is 1. The molecule has 3 heteroatoms. The summed E-state index contributed by atoms with van der Waals surface area (Å²) in [7, 11) is 0. The third-order valence-corrected chi connectivity index (χ3v) is 2.72. The highest BCUT2D eigenvalue weighted by molar-refractivity contribution is 14.1. The lowest BCUT2D eigenvalue weighted by Crippen LogP contribution is -2.36. The molecule has 0 N–H and O–H groups in total. The molecule has 0 amide bonds. The summed E-state index contributed by atoms with van der Waals surface area (Å²) in [6.45, 7) is 5.03. The second kappa shape index (κ2) is 2.98. The second-order valence-electron chi connectivity index (χ2n) is 2.05. The summed E-state index contributed by atoms with van der Waals surface area (Å²) in [5.41, 5.74) is 0. The molecule has 0 bridgehead atoms. The highest BCUT2D eigenvalue weighted by atomic mass is 127. The van der Waals surface area contributed by atoms with Crippen LogP contribution in [0.4, 0.5) is 0 Å². The predicted octanol–water partition coefficient (Wildman–Crippen LogP) is 1.06. The molecule has 8 heavy (non-hydrogen) atoms. The van der Waals surface area contributed by atoms with E-state index in [1.165, 1.54) is 0 Å². The maximum absolute atomic E-state index is 5.21. The number of rotatable bonds is 0. The van der Waals surface area contributed by atoms with Crippen molar-refractivity contribution in [3.63, 3.8) is 0 Å². The van der Waals surface area contributed by atoms with Crippen LogP contribution in [0.1, 0.15) is 6.92 Å². The Labute approximate surface area is 63.7 Å². The quantitative estimate of drug-likeness (QED) is 0.453. The minimum absolute atomic E-state index is 0.601. The zero-order valence-electron chi connectivity index (χ0n) is 4.93. The van der Waals surface area contributed by atoms with Crippen LogP contribution in [-0.2, 0) is 4.74 Å². The summed E-state index contributed by atoms with van der Waals surface area (Å²) in [4.78, 5) is 0. The van der Waals surface area contributed by atoms with Crippen molar-refractivity contribution in [2.45, 2.75) is 13.0 Å². The van der Waals surface area contributed by atoms with Crippen LogP contribution in [-0.4, -0.2) is 28.9 Å². The van der Waals surface area contributed by atoms with Gasteiger partial charge in [0.1, 0.15) is 0 Å². The van der Waals surface area contributed by atoms with E-state index in [9.17, 15) is 0 Å². The summed E-state index contributed by atoms with van der Waals surface area (Å²) in [6.07, 6.45) is 0. The number of hydrogen-bond donors (Lipinski definition) is 0. The van der Waals surface area contributed by atoms with Crippen LogP contribution in [0, 0.1) is 0 Å². The van der Waals surface area contributed by atoms with Crippen molar-refractivity contribution >= 4 is 22.9 Å². The van der Waals surface area contributed by atoms with Crippen molar-refractivity contribution in [1.82, 2.24) is 3.11 Å². The largest absolute Gasteiger partial charge is 0.378 e. The van der Waals surface area contributed by atoms with E-state index in [0.717, 1.165) is 19.8 Å². The molecule has 1 unspecified atom stereocenters. The maximum atomic E-state index is 5.21. The van der Waals surface area contributed by atoms with Gasteiger partial charge in [-0.3, -0.25) is 0 Å². The van der Waals surface area contributed by atoms with Crippen molar-refractivity contribution in [3.05, 3.63) is 0 Å². The molecule has 1 rings (SSSR count). The standard InChI is InChI=1S/C5H10INO/c1-5-4-8-3-2-7(5)6/h5H,2-4H2,1H3. The zero-order chi connectivity index (χ0) is 5.98. The number of morpholine rings is 1. The molecule has 0 radical (unpaired) electrons. The minimum atomic E-state index is 0.601. The topological polar surface area (TPSA) is 12.5 Å². The van der Waals surface area contributed by atoms with Crippen molar-refractivity contribution < 1.29 is 4.74 Å². The summed E-state index contributed by atoms with van der Waals surface area (Å²) in [6, 6.07) is 0.601. The molecule has 1 aliphatic rings. The molecule has 1 saturated heterocycles.